The van der Waals surface area contributed by atoms with Crippen molar-refractivity contribution in [1.29, 1.82) is 0 Å². The molecule has 0 radical (unpaired) electrons. The van der Waals surface area contributed by atoms with Gasteiger partial charge in [0.15, 0.2) is 0 Å². The lowest BCUT2D eigenvalue weighted by atomic mass is 9.91. The highest BCUT2D eigenvalue weighted by molar-refractivity contribution is 5.90. The number of aryl methyl sites for hydroxylation is 1. The van der Waals surface area contributed by atoms with Crippen LogP contribution < -0.4 is 15.5 Å². The predicted molar refractivity (Wildman–Crippen MR) is 135 cm³/mol. The van der Waals surface area contributed by atoms with Gasteiger partial charge >= 0.3 is 5.92 Å². The van der Waals surface area contributed by atoms with Crippen LogP contribution in [0.15, 0.2) is 30.5 Å². The van der Waals surface area contributed by atoms with Crippen molar-refractivity contribution in [2.24, 2.45) is 0 Å². The third-order valence-electron chi connectivity index (χ3n) is 6.55. The number of halogens is 3. The smallest absolute Gasteiger partial charge is 0.303 e. The number of aliphatic hydroxyl groups is 1. The minimum Gasteiger partial charge on any atom is -0.384 e. The van der Waals surface area contributed by atoms with E-state index in [1.807, 2.05) is 6.07 Å². The Balaban J connectivity index is 1.66. The number of hydrogen-bond acceptors (Lipinski definition) is 7. The number of pyridine rings is 1. The molecule has 1 saturated heterocycles. The molecule has 1 aliphatic rings. The summed E-state index contributed by atoms with van der Waals surface area (Å²) in [7, 11) is 0. The van der Waals surface area contributed by atoms with E-state index in [2.05, 4.69) is 30.5 Å². The van der Waals surface area contributed by atoms with Gasteiger partial charge in [0.05, 0.1) is 23.3 Å². The minimum atomic E-state index is -3.80. The standard InChI is InChI=1S/C26H31F3N6O2/c1-14(18-7-6-8-20(23(18)27)26(28,29)25(4,5)37)31-24-19-11-22(30-12-21(19)32-15(2)33-24)35-10-9-17(13-35)34-16(3)36/h6-8,11-12,14,17,37H,9-10,13H2,1-5H3,(H,34,36)(H,31,32,33)/t14-,17-/m1/s1. The van der Waals surface area contributed by atoms with Crippen molar-refractivity contribution in [3.63, 3.8) is 0 Å². The van der Waals surface area contributed by atoms with Gasteiger partial charge in [-0.1, -0.05) is 12.1 Å². The van der Waals surface area contributed by atoms with Crippen LogP contribution in [0, 0.1) is 12.7 Å². The number of hydrogen-bond donors (Lipinski definition) is 3. The number of benzene rings is 1. The number of alkyl halides is 2. The predicted octanol–water partition coefficient (Wildman–Crippen LogP) is 4.22. The molecule has 0 bridgehead atoms. The van der Waals surface area contributed by atoms with Crippen LogP contribution in [0.1, 0.15) is 57.1 Å². The molecule has 37 heavy (non-hydrogen) atoms. The van der Waals surface area contributed by atoms with Crippen molar-refractivity contribution in [3.8, 4) is 0 Å². The van der Waals surface area contributed by atoms with Gasteiger partial charge in [0, 0.05) is 37.0 Å². The van der Waals surface area contributed by atoms with Gasteiger partial charge in [0.2, 0.25) is 5.91 Å². The Morgan fingerprint density at radius 3 is 2.68 bits per heavy atom. The Labute approximate surface area is 213 Å². The molecule has 11 heteroatoms. The third-order valence-corrected chi connectivity index (χ3v) is 6.55. The normalized spacial score (nSPS) is 17.2. The number of anilines is 2. The largest absolute Gasteiger partial charge is 0.384 e. The monoisotopic (exact) mass is 516 g/mol. The van der Waals surface area contributed by atoms with E-state index in [1.165, 1.54) is 19.1 Å². The van der Waals surface area contributed by atoms with E-state index in [0.717, 1.165) is 26.3 Å². The topological polar surface area (TPSA) is 103 Å². The van der Waals surface area contributed by atoms with E-state index in [4.69, 9.17) is 0 Å². The van der Waals surface area contributed by atoms with Gasteiger partial charge < -0.3 is 20.6 Å². The molecule has 0 unspecified atom stereocenters. The molecular weight excluding hydrogens is 485 g/mol. The summed E-state index contributed by atoms with van der Waals surface area (Å²) in [5.41, 5.74) is -2.73. The number of nitrogens with one attached hydrogen (secondary N) is 2. The van der Waals surface area contributed by atoms with E-state index in [1.54, 1.807) is 20.0 Å². The first-order valence-corrected chi connectivity index (χ1v) is 12.1. The summed E-state index contributed by atoms with van der Waals surface area (Å²) in [6, 6.07) is 4.87. The Bertz CT molecular complexity index is 1330. The molecule has 3 aromatic rings. The summed E-state index contributed by atoms with van der Waals surface area (Å²) >= 11 is 0. The molecule has 2 atom stereocenters. The SMILES string of the molecule is CC(=O)N[C@@H]1CCN(c2cc3c(N[C@H](C)c4cccc(C(F)(F)C(C)(C)O)c4F)nc(C)nc3cn2)C1. The Hall–Kier alpha value is -3.47. The Kier molecular flexibility index (Phi) is 7.02. The maximum absolute atomic E-state index is 15.3. The van der Waals surface area contributed by atoms with Crippen LogP contribution in [-0.4, -0.2) is 50.7 Å². The Morgan fingerprint density at radius 2 is 2.00 bits per heavy atom. The lowest BCUT2D eigenvalue weighted by Gasteiger charge is -2.30. The quantitative estimate of drug-likeness (QED) is 0.432. The fourth-order valence-electron chi connectivity index (χ4n) is 4.53. The highest BCUT2D eigenvalue weighted by Gasteiger charge is 2.49. The second-order valence-electron chi connectivity index (χ2n) is 10.0. The lowest BCUT2D eigenvalue weighted by molar-refractivity contribution is -0.170. The summed E-state index contributed by atoms with van der Waals surface area (Å²) in [5, 5.41) is 16.6. The van der Waals surface area contributed by atoms with Crippen molar-refractivity contribution < 1.29 is 23.1 Å². The first-order valence-electron chi connectivity index (χ1n) is 12.1. The van der Waals surface area contributed by atoms with Gasteiger partial charge in [-0.3, -0.25) is 4.79 Å². The average molecular weight is 517 g/mol. The molecule has 1 amide bonds. The van der Waals surface area contributed by atoms with Crippen LogP contribution >= 0.6 is 0 Å². The van der Waals surface area contributed by atoms with Gasteiger partial charge in [-0.15, -0.1) is 0 Å². The number of carbonyl (C=O) groups excluding carboxylic acids is 1. The van der Waals surface area contributed by atoms with Gasteiger partial charge in [-0.2, -0.15) is 8.78 Å². The maximum Gasteiger partial charge on any atom is 0.303 e. The fraction of sp³-hybridized carbons (Fsp3) is 0.462. The molecule has 1 aromatic carbocycles. The van der Waals surface area contributed by atoms with Crippen molar-refractivity contribution in [1.82, 2.24) is 20.3 Å². The van der Waals surface area contributed by atoms with Crippen molar-refractivity contribution in [3.05, 3.63) is 53.2 Å². The number of aromatic nitrogens is 3. The molecule has 0 saturated carbocycles. The van der Waals surface area contributed by atoms with Crippen LogP contribution in [0.4, 0.5) is 24.8 Å². The van der Waals surface area contributed by atoms with Crippen molar-refractivity contribution >= 4 is 28.4 Å². The highest BCUT2D eigenvalue weighted by Crippen LogP contribution is 2.41. The average Bonchev–Trinajstić information content (AvgIpc) is 3.25. The highest BCUT2D eigenvalue weighted by atomic mass is 19.3. The number of amides is 1. The number of nitrogens with zero attached hydrogens (tertiary/aromatic N) is 4. The fourth-order valence-corrected chi connectivity index (χ4v) is 4.53. The van der Waals surface area contributed by atoms with Gasteiger partial charge in [-0.05, 0) is 46.2 Å². The summed E-state index contributed by atoms with van der Waals surface area (Å²) in [5.74, 6) is -3.41. The van der Waals surface area contributed by atoms with Crippen LogP contribution in [0.25, 0.3) is 10.9 Å². The number of carbonyl (C=O) groups is 1. The van der Waals surface area contributed by atoms with Crippen molar-refractivity contribution in [2.75, 3.05) is 23.3 Å². The Morgan fingerprint density at radius 1 is 1.27 bits per heavy atom. The maximum atomic E-state index is 15.3. The van der Waals surface area contributed by atoms with E-state index >= 15 is 4.39 Å². The summed E-state index contributed by atoms with van der Waals surface area (Å²) in [4.78, 5) is 26.9. The first-order chi connectivity index (χ1) is 17.3. The first kappa shape index (κ1) is 26.6. The molecular formula is C26H31F3N6O2. The molecule has 1 aliphatic heterocycles. The van der Waals surface area contributed by atoms with Crippen LogP contribution in [0.2, 0.25) is 0 Å². The molecule has 8 nitrogen and oxygen atoms in total. The van der Waals surface area contributed by atoms with Crippen LogP contribution in [0.5, 0.6) is 0 Å². The zero-order valence-electron chi connectivity index (χ0n) is 21.4. The van der Waals surface area contributed by atoms with Gasteiger partial charge in [0.1, 0.15) is 28.9 Å². The number of fused-ring (bicyclic) bond motifs is 1. The zero-order chi connectivity index (χ0) is 27.1. The van der Waals surface area contributed by atoms with Crippen LogP contribution in [-0.2, 0) is 10.7 Å². The lowest BCUT2D eigenvalue weighted by Crippen LogP contribution is -2.41. The minimum absolute atomic E-state index is 0.0119. The van der Waals surface area contributed by atoms with Crippen molar-refractivity contribution in [2.45, 2.75) is 64.6 Å². The van der Waals surface area contributed by atoms with E-state index in [9.17, 15) is 18.7 Å². The third kappa shape index (κ3) is 5.31. The summed E-state index contributed by atoms with van der Waals surface area (Å²) in [6.07, 6.45) is 2.42. The van der Waals surface area contributed by atoms with Gasteiger partial charge in [0.25, 0.3) is 0 Å². The molecule has 0 aliphatic carbocycles. The van der Waals surface area contributed by atoms with E-state index < -0.39 is 28.9 Å². The van der Waals surface area contributed by atoms with E-state index in [-0.39, 0.29) is 17.5 Å². The molecule has 0 spiro atoms. The molecule has 3 heterocycles. The molecule has 198 valence electrons. The van der Waals surface area contributed by atoms with Crippen LogP contribution in [0.3, 0.4) is 0 Å². The van der Waals surface area contributed by atoms with E-state index in [0.29, 0.717) is 41.5 Å². The molecule has 1 fully saturated rings. The zero-order valence-corrected chi connectivity index (χ0v) is 21.4. The van der Waals surface area contributed by atoms with Gasteiger partial charge in [-0.25, -0.2) is 19.3 Å². The molecule has 3 N–H and O–H groups in total. The summed E-state index contributed by atoms with van der Waals surface area (Å²) in [6.45, 7) is 8.06. The second-order valence-corrected chi connectivity index (χ2v) is 10.0. The number of rotatable bonds is 7. The second kappa shape index (κ2) is 9.77. The molecule has 4 rings (SSSR count). The summed E-state index contributed by atoms with van der Waals surface area (Å²) < 4.78 is 44.9. The molecule has 2 aromatic heterocycles.